The minimum atomic E-state index is -1.03. The van der Waals surface area contributed by atoms with Gasteiger partial charge in [-0.15, -0.1) is 0 Å². The SMILES string of the molecule is Cc1c(OCCCN2CCC(C)(F)CC2)cccc1-c1cccc2c1CC[C@@H]2Oc1cc(OCc2cncc(C#N)c2)c(CNC[C@H]2CCC(=O)N2)cc1Cl. The number of likely N-dealkylation sites (tertiary alicyclic amines) is 1. The third-order valence-electron chi connectivity index (χ3n) is 11.1. The number of hydrogen-bond donors (Lipinski definition) is 2. The average molecular weight is 766 g/mol. The number of rotatable bonds is 15. The van der Waals surface area contributed by atoms with Crippen LogP contribution in [0.3, 0.4) is 0 Å². The van der Waals surface area contributed by atoms with Gasteiger partial charge in [0.25, 0.3) is 0 Å². The van der Waals surface area contributed by atoms with E-state index in [2.05, 4.69) is 63.8 Å². The number of carbonyl (C=O) groups excluding carboxylic acids is 1. The molecule has 55 heavy (non-hydrogen) atoms. The minimum Gasteiger partial charge on any atom is -0.493 e. The maximum absolute atomic E-state index is 14.2. The molecule has 9 nitrogen and oxygen atoms in total. The molecule has 0 bridgehead atoms. The Kier molecular flexibility index (Phi) is 12.2. The first-order valence-corrected chi connectivity index (χ1v) is 19.8. The summed E-state index contributed by atoms with van der Waals surface area (Å²) < 4.78 is 33.6. The van der Waals surface area contributed by atoms with Crippen molar-refractivity contribution >= 4 is 17.5 Å². The predicted molar refractivity (Wildman–Crippen MR) is 211 cm³/mol. The quantitative estimate of drug-likeness (QED) is 0.117. The van der Waals surface area contributed by atoms with E-state index in [0.717, 1.165) is 78.9 Å². The first-order chi connectivity index (χ1) is 26.7. The van der Waals surface area contributed by atoms with Gasteiger partial charge in [-0.05, 0) is 98.4 Å². The molecule has 2 atom stereocenters. The van der Waals surface area contributed by atoms with Crippen LogP contribution in [0.25, 0.3) is 11.1 Å². The average Bonchev–Trinajstić information content (AvgIpc) is 3.80. The fourth-order valence-corrected chi connectivity index (χ4v) is 8.09. The molecule has 2 N–H and O–H groups in total. The van der Waals surface area contributed by atoms with Crippen molar-refractivity contribution in [1.29, 1.82) is 5.26 Å². The summed E-state index contributed by atoms with van der Waals surface area (Å²) in [5.74, 6) is 2.11. The third-order valence-corrected chi connectivity index (χ3v) is 11.4. The minimum absolute atomic E-state index is 0.0799. The molecule has 4 aromatic rings. The molecule has 288 valence electrons. The fourth-order valence-electron chi connectivity index (χ4n) is 7.86. The highest BCUT2D eigenvalue weighted by Gasteiger charge is 2.30. The number of amides is 1. The molecular formula is C44H49ClFN5O4. The van der Waals surface area contributed by atoms with Gasteiger partial charge in [-0.1, -0.05) is 41.9 Å². The molecule has 7 rings (SSSR count). The van der Waals surface area contributed by atoms with Gasteiger partial charge in [-0.2, -0.15) is 5.26 Å². The van der Waals surface area contributed by atoms with E-state index >= 15 is 0 Å². The molecular weight excluding hydrogens is 717 g/mol. The van der Waals surface area contributed by atoms with Gasteiger partial charge in [0.1, 0.15) is 41.7 Å². The first-order valence-electron chi connectivity index (χ1n) is 19.4. The molecule has 2 saturated heterocycles. The van der Waals surface area contributed by atoms with E-state index in [1.54, 1.807) is 19.2 Å². The van der Waals surface area contributed by atoms with Gasteiger partial charge in [-0.25, -0.2) is 4.39 Å². The number of hydrogen-bond acceptors (Lipinski definition) is 8. The Morgan fingerprint density at radius 3 is 2.65 bits per heavy atom. The van der Waals surface area contributed by atoms with E-state index in [-0.39, 0.29) is 24.7 Å². The van der Waals surface area contributed by atoms with Crippen molar-refractivity contribution in [2.24, 2.45) is 0 Å². The van der Waals surface area contributed by atoms with Crippen LogP contribution in [-0.2, 0) is 24.4 Å². The van der Waals surface area contributed by atoms with Crippen molar-refractivity contribution in [2.75, 3.05) is 32.8 Å². The molecule has 0 spiro atoms. The summed E-state index contributed by atoms with van der Waals surface area (Å²) in [5.41, 5.74) is 6.88. The molecule has 1 aromatic heterocycles. The summed E-state index contributed by atoms with van der Waals surface area (Å²) in [4.78, 5) is 18.2. The smallest absolute Gasteiger partial charge is 0.220 e. The van der Waals surface area contributed by atoms with E-state index < -0.39 is 5.67 Å². The second kappa shape index (κ2) is 17.4. The lowest BCUT2D eigenvalue weighted by Crippen LogP contribution is -2.40. The van der Waals surface area contributed by atoms with E-state index in [9.17, 15) is 14.4 Å². The zero-order valence-corrected chi connectivity index (χ0v) is 32.4. The third kappa shape index (κ3) is 9.58. The van der Waals surface area contributed by atoms with Crippen molar-refractivity contribution in [3.8, 4) is 34.4 Å². The molecule has 2 fully saturated rings. The van der Waals surface area contributed by atoms with Crippen molar-refractivity contribution in [3.05, 3.63) is 105 Å². The van der Waals surface area contributed by atoms with E-state index in [4.69, 9.17) is 25.8 Å². The first kappa shape index (κ1) is 38.6. The summed E-state index contributed by atoms with van der Waals surface area (Å²) in [6, 6.07) is 20.4. The summed E-state index contributed by atoms with van der Waals surface area (Å²) >= 11 is 6.92. The van der Waals surface area contributed by atoms with Gasteiger partial charge in [0.15, 0.2) is 0 Å². The number of benzene rings is 3. The van der Waals surface area contributed by atoms with Crippen LogP contribution in [0, 0.1) is 18.3 Å². The molecule has 3 heterocycles. The van der Waals surface area contributed by atoms with Gasteiger partial charge in [0.2, 0.25) is 5.91 Å². The standard InChI is InChI=1S/C44H49ClFN5O4/c1-29-34(6-4-9-39(29)53-19-5-16-51-17-14-44(2,46)15-18-51)35-7-3-8-37-36(35)11-12-40(37)55-42-22-41(54-28-31-20-30(23-47)24-48-25-31)32(21-38(42)45)26-49-27-33-10-13-43(52)50-33/h3-4,6-9,20-22,24-25,33,40,49H,5,10-19,26-28H2,1-2H3,(H,50,52)/t33-,40+/m1/s1. The Labute approximate surface area is 328 Å². The van der Waals surface area contributed by atoms with E-state index in [1.807, 2.05) is 18.2 Å². The zero-order chi connectivity index (χ0) is 38.4. The van der Waals surface area contributed by atoms with Crippen molar-refractivity contribution in [3.63, 3.8) is 0 Å². The second-order valence-electron chi connectivity index (χ2n) is 15.2. The van der Waals surface area contributed by atoms with Crippen LogP contribution in [0.1, 0.15) is 84.9 Å². The van der Waals surface area contributed by atoms with Crippen molar-refractivity contribution in [1.82, 2.24) is 20.5 Å². The number of aromatic nitrogens is 1. The van der Waals surface area contributed by atoms with Crippen molar-refractivity contribution < 1.29 is 23.4 Å². The molecule has 3 aliphatic rings. The van der Waals surface area contributed by atoms with E-state index in [1.165, 1.54) is 17.3 Å². The van der Waals surface area contributed by atoms with Gasteiger partial charge < -0.3 is 29.7 Å². The second-order valence-corrected chi connectivity index (χ2v) is 15.6. The number of piperidine rings is 1. The predicted octanol–water partition coefficient (Wildman–Crippen LogP) is 8.19. The lowest BCUT2D eigenvalue weighted by Gasteiger charge is -2.34. The largest absolute Gasteiger partial charge is 0.493 e. The molecule has 2 aliphatic heterocycles. The van der Waals surface area contributed by atoms with Crippen LogP contribution in [0.15, 0.2) is 67.0 Å². The number of fused-ring (bicyclic) bond motifs is 1. The molecule has 0 unspecified atom stereocenters. The highest BCUT2D eigenvalue weighted by atomic mass is 35.5. The summed E-state index contributed by atoms with van der Waals surface area (Å²) in [5, 5.41) is 16.3. The Hall–Kier alpha value is -4.69. The van der Waals surface area contributed by atoms with Gasteiger partial charge in [0.05, 0.1) is 17.2 Å². The normalized spacial score (nSPS) is 19.1. The maximum Gasteiger partial charge on any atom is 0.220 e. The van der Waals surface area contributed by atoms with Crippen LogP contribution >= 0.6 is 11.6 Å². The Morgan fingerprint density at radius 1 is 1.04 bits per heavy atom. The Balaban J connectivity index is 1.04. The van der Waals surface area contributed by atoms with E-state index in [0.29, 0.717) is 61.0 Å². The van der Waals surface area contributed by atoms with Crippen LogP contribution in [-0.4, -0.2) is 60.3 Å². The number of nitriles is 1. The number of pyridine rings is 1. The topological polar surface area (TPSA) is 109 Å². The Morgan fingerprint density at radius 2 is 1.85 bits per heavy atom. The molecule has 0 radical (unpaired) electrons. The fraction of sp³-hybridized carbons (Fsp3) is 0.432. The highest BCUT2D eigenvalue weighted by molar-refractivity contribution is 6.32. The van der Waals surface area contributed by atoms with Gasteiger partial charge in [-0.3, -0.25) is 9.78 Å². The zero-order valence-electron chi connectivity index (χ0n) is 31.6. The lowest BCUT2D eigenvalue weighted by molar-refractivity contribution is -0.119. The lowest BCUT2D eigenvalue weighted by atomic mass is 9.93. The monoisotopic (exact) mass is 765 g/mol. The van der Waals surface area contributed by atoms with Crippen LogP contribution < -0.4 is 24.8 Å². The summed E-state index contributed by atoms with van der Waals surface area (Å²) in [6.07, 6.45) is 8.10. The number of ether oxygens (including phenoxy) is 3. The van der Waals surface area contributed by atoms with Gasteiger partial charge >= 0.3 is 0 Å². The van der Waals surface area contributed by atoms with Crippen LogP contribution in [0.2, 0.25) is 5.02 Å². The number of alkyl halides is 1. The molecule has 3 aromatic carbocycles. The molecule has 0 saturated carbocycles. The Bertz CT molecular complexity index is 2040. The molecule has 1 amide bonds. The van der Waals surface area contributed by atoms with Crippen LogP contribution in [0.5, 0.6) is 17.2 Å². The van der Waals surface area contributed by atoms with Crippen LogP contribution in [0.4, 0.5) is 4.39 Å². The van der Waals surface area contributed by atoms with Crippen molar-refractivity contribution in [2.45, 2.75) is 89.8 Å². The molecule has 11 heteroatoms. The summed E-state index contributed by atoms with van der Waals surface area (Å²) in [6.45, 7) is 8.28. The molecule has 1 aliphatic carbocycles. The number of carbonyl (C=O) groups is 1. The van der Waals surface area contributed by atoms with Gasteiger partial charge in [0, 0.05) is 74.8 Å². The number of nitrogens with one attached hydrogen (secondary N) is 2. The number of nitrogens with zero attached hydrogens (tertiary/aromatic N) is 3. The highest BCUT2D eigenvalue weighted by Crippen LogP contribution is 2.44. The maximum atomic E-state index is 14.2. The summed E-state index contributed by atoms with van der Waals surface area (Å²) in [7, 11) is 0. The number of halogens is 2.